The van der Waals surface area contributed by atoms with Crippen molar-refractivity contribution in [2.45, 2.75) is 12.9 Å². The van der Waals surface area contributed by atoms with Gasteiger partial charge < -0.3 is 15.4 Å². The number of halogens is 3. The molecule has 0 fully saturated rings. The summed E-state index contributed by atoms with van der Waals surface area (Å²) in [5, 5.41) is 3.97. The minimum atomic E-state index is -4.82. The van der Waals surface area contributed by atoms with E-state index in [-0.39, 0.29) is 29.5 Å². The van der Waals surface area contributed by atoms with Crippen molar-refractivity contribution >= 4 is 11.6 Å². The second kappa shape index (κ2) is 6.19. The highest BCUT2D eigenvalue weighted by atomic mass is 19.4. The zero-order chi connectivity index (χ0) is 17.2. The molecule has 0 unspecified atom stereocenters. The lowest BCUT2D eigenvalue weighted by atomic mass is 10.1. The topological polar surface area (TPSA) is 73.4 Å². The maximum Gasteiger partial charge on any atom is 0.573 e. The maximum atomic E-state index is 12.5. The Morgan fingerprint density at radius 2 is 2.09 bits per heavy atom. The number of likely N-dealkylation sites (N-methyl/N-ethyl adjacent to an activating group) is 1. The van der Waals surface area contributed by atoms with Gasteiger partial charge in [-0.1, -0.05) is 0 Å². The van der Waals surface area contributed by atoms with Crippen LogP contribution in [0, 0.1) is 0 Å². The molecule has 1 heterocycles. The zero-order valence-electron chi connectivity index (χ0n) is 12.5. The van der Waals surface area contributed by atoms with Crippen LogP contribution in [0.15, 0.2) is 30.6 Å². The number of nitrogens with two attached hydrogens (primary N) is 1. The normalized spacial score (nSPS) is 11.3. The molecule has 124 valence electrons. The van der Waals surface area contributed by atoms with E-state index in [1.54, 1.807) is 14.1 Å². The average Bonchev–Trinajstić information content (AvgIpc) is 2.87. The summed E-state index contributed by atoms with van der Waals surface area (Å²) in [5.41, 5.74) is 6.42. The molecule has 0 aliphatic heterocycles. The molecule has 1 aromatic carbocycles. The fraction of sp³-hybridized carbons (Fsp3) is 0.286. The number of rotatable bonds is 4. The van der Waals surface area contributed by atoms with Gasteiger partial charge >= 0.3 is 6.36 Å². The third-order valence-corrected chi connectivity index (χ3v) is 2.97. The van der Waals surface area contributed by atoms with Crippen molar-refractivity contribution in [1.29, 1.82) is 0 Å². The molecule has 1 amide bonds. The summed E-state index contributed by atoms with van der Waals surface area (Å²) in [6.45, 7) is -0.0230. The quantitative estimate of drug-likeness (QED) is 0.873. The largest absolute Gasteiger partial charge is 0.573 e. The number of amides is 1. The van der Waals surface area contributed by atoms with Crippen LogP contribution in [0.1, 0.15) is 0 Å². The Bertz CT molecular complexity index is 710. The van der Waals surface area contributed by atoms with Crippen molar-refractivity contribution in [2.24, 2.45) is 0 Å². The number of benzene rings is 1. The Labute approximate surface area is 130 Å². The second-order valence-corrected chi connectivity index (χ2v) is 5.02. The summed E-state index contributed by atoms with van der Waals surface area (Å²) < 4.78 is 42.8. The molecule has 9 heteroatoms. The lowest BCUT2D eigenvalue weighted by Crippen LogP contribution is -2.26. The van der Waals surface area contributed by atoms with Crippen LogP contribution in [0.5, 0.6) is 5.75 Å². The molecule has 0 bridgehead atoms. The second-order valence-electron chi connectivity index (χ2n) is 5.02. The number of ether oxygens (including phenoxy) is 1. The van der Waals surface area contributed by atoms with Crippen LogP contribution < -0.4 is 10.5 Å². The highest BCUT2D eigenvalue weighted by molar-refractivity contribution is 5.76. The van der Waals surface area contributed by atoms with Gasteiger partial charge in [0.15, 0.2) is 0 Å². The van der Waals surface area contributed by atoms with E-state index in [0.29, 0.717) is 5.56 Å². The van der Waals surface area contributed by atoms with Gasteiger partial charge in [0, 0.05) is 37.1 Å². The molecule has 6 nitrogen and oxygen atoms in total. The van der Waals surface area contributed by atoms with E-state index in [0.717, 1.165) is 6.07 Å². The van der Waals surface area contributed by atoms with Crippen molar-refractivity contribution < 1.29 is 22.7 Å². The molecule has 23 heavy (non-hydrogen) atoms. The first-order valence-electron chi connectivity index (χ1n) is 6.54. The Morgan fingerprint density at radius 1 is 1.39 bits per heavy atom. The van der Waals surface area contributed by atoms with Gasteiger partial charge in [-0.15, -0.1) is 13.2 Å². The van der Waals surface area contributed by atoms with Crippen LogP contribution in [0.4, 0.5) is 18.9 Å². The standard InChI is InChI=1S/C14H15F3N4O2/c1-20(2)13(22)8-21-7-9(6-19-21)11-5-10(18)3-4-12(11)23-14(15,16)17/h3-7H,8,18H2,1-2H3. The van der Waals surface area contributed by atoms with Gasteiger partial charge in [-0.3, -0.25) is 9.48 Å². The van der Waals surface area contributed by atoms with Gasteiger partial charge in [0.25, 0.3) is 0 Å². The summed E-state index contributed by atoms with van der Waals surface area (Å²) >= 11 is 0. The summed E-state index contributed by atoms with van der Waals surface area (Å²) in [6.07, 6.45) is -2.01. The van der Waals surface area contributed by atoms with Gasteiger partial charge in [0.05, 0.1) is 6.20 Å². The molecule has 1 aromatic heterocycles. The van der Waals surface area contributed by atoms with Crippen molar-refractivity contribution in [3.63, 3.8) is 0 Å². The summed E-state index contributed by atoms with van der Waals surface area (Å²) in [7, 11) is 3.19. The summed E-state index contributed by atoms with van der Waals surface area (Å²) in [5.74, 6) is -0.579. The van der Waals surface area contributed by atoms with E-state index in [9.17, 15) is 18.0 Å². The van der Waals surface area contributed by atoms with Gasteiger partial charge in [-0.05, 0) is 18.2 Å². The molecule has 0 atom stereocenters. The number of carbonyl (C=O) groups excluding carboxylic acids is 1. The lowest BCUT2D eigenvalue weighted by molar-refractivity contribution is -0.274. The first-order chi connectivity index (χ1) is 10.7. The van der Waals surface area contributed by atoms with Crippen LogP contribution in [-0.2, 0) is 11.3 Å². The van der Waals surface area contributed by atoms with Crippen molar-refractivity contribution in [2.75, 3.05) is 19.8 Å². The predicted molar refractivity (Wildman–Crippen MR) is 77.5 cm³/mol. The Hall–Kier alpha value is -2.71. The molecule has 2 N–H and O–H groups in total. The predicted octanol–water partition coefficient (Wildman–Crippen LogP) is 2.12. The molecule has 2 aromatic rings. The first-order valence-corrected chi connectivity index (χ1v) is 6.54. The summed E-state index contributed by atoms with van der Waals surface area (Å²) in [4.78, 5) is 13.0. The first kappa shape index (κ1) is 16.7. The van der Waals surface area contributed by atoms with Gasteiger partial charge in [0.1, 0.15) is 12.3 Å². The number of hydrogen-bond acceptors (Lipinski definition) is 4. The molecular formula is C14H15F3N4O2. The number of nitrogen functional groups attached to an aromatic ring is 1. The Kier molecular flexibility index (Phi) is 4.48. The number of aromatic nitrogens is 2. The molecule has 2 rings (SSSR count). The van der Waals surface area contributed by atoms with E-state index in [1.807, 2.05) is 0 Å². The van der Waals surface area contributed by atoms with E-state index in [2.05, 4.69) is 9.84 Å². The fourth-order valence-corrected chi connectivity index (χ4v) is 1.86. The van der Waals surface area contributed by atoms with E-state index in [1.165, 1.54) is 34.1 Å². The van der Waals surface area contributed by atoms with Gasteiger partial charge in [-0.2, -0.15) is 5.10 Å². The smallest absolute Gasteiger partial charge is 0.405 e. The third kappa shape index (κ3) is 4.38. The Balaban J connectivity index is 2.33. The average molecular weight is 328 g/mol. The van der Waals surface area contributed by atoms with Gasteiger partial charge in [0.2, 0.25) is 5.91 Å². The number of hydrogen-bond donors (Lipinski definition) is 1. The number of alkyl halides is 3. The molecule has 0 saturated carbocycles. The lowest BCUT2D eigenvalue weighted by Gasteiger charge is -2.13. The SMILES string of the molecule is CN(C)C(=O)Cn1cc(-c2cc(N)ccc2OC(F)(F)F)cn1. The van der Waals surface area contributed by atoms with Crippen molar-refractivity contribution in [1.82, 2.24) is 14.7 Å². The number of anilines is 1. The molecule has 0 spiro atoms. The van der Waals surface area contributed by atoms with Crippen LogP contribution in [0.3, 0.4) is 0 Å². The zero-order valence-corrected chi connectivity index (χ0v) is 12.5. The summed E-state index contributed by atoms with van der Waals surface area (Å²) in [6, 6.07) is 3.81. The highest BCUT2D eigenvalue weighted by Gasteiger charge is 2.32. The molecule has 0 aliphatic rings. The van der Waals surface area contributed by atoms with Crippen LogP contribution >= 0.6 is 0 Å². The van der Waals surface area contributed by atoms with E-state index in [4.69, 9.17) is 5.73 Å². The molecular weight excluding hydrogens is 313 g/mol. The van der Waals surface area contributed by atoms with Gasteiger partial charge in [-0.25, -0.2) is 0 Å². The van der Waals surface area contributed by atoms with Crippen molar-refractivity contribution in [3.05, 3.63) is 30.6 Å². The minimum absolute atomic E-state index is 0.0230. The van der Waals surface area contributed by atoms with Crippen molar-refractivity contribution in [3.8, 4) is 16.9 Å². The van der Waals surface area contributed by atoms with E-state index < -0.39 is 6.36 Å². The highest BCUT2D eigenvalue weighted by Crippen LogP contribution is 2.35. The van der Waals surface area contributed by atoms with Crippen LogP contribution in [0.2, 0.25) is 0 Å². The number of carbonyl (C=O) groups is 1. The monoisotopic (exact) mass is 328 g/mol. The van der Waals surface area contributed by atoms with Crippen LogP contribution in [-0.4, -0.2) is 41.0 Å². The molecule has 0 radical (unpaired) electrons. The minimum Gasteiger partial charge on any atom is -0.405 e. The third-order valence-electron chi connectivity index (χ3n) is 2.97. The van der Waals surface area contributed by atoms with Crippen LogP contribution in [0.25, 0.3) is 11.1 Å². The fourth-order valence-electron chi connectivity index (χ4n) is 1.86. The van der Waals surface area contributed by atoms with E-state index >= 15 is 0 Å². The molecule has 0 saturated heterocycles. The molecule has 0 aliphatic carbocycles. The number of nitrogens with zero attached hydrogens (tertiary/aromatic N) is 3. The maximum absolute atomic E-state index is 12.5. The Morgan fingerprint density at radius 3 is 2.70 bits per heavy atom.